The minimum Gasteiger partial charge on any atom is -0.0614 e. The Morgan fingerprint density at radius 2 is 0.786 bits per heavy atom. The molecule has 0 saturated heterocycles. The van der Waals surface area contributed by atoms with E-state index in [1.807, 2.05) is 0 Å². The first kappa shape index (κ1) is 15.7. The van der Waals surface area contributed by atoms with E-state index in [2.05, 4.69) is 98.8 Å². The van der Waals surface area contributed by atoms with Gasteiger partial charge in [0.2, 0.25) is 0 Å². The Morgan fingerprint density at radius 1 is 0.357 bits per heavy atom. The van der Waals surface area contributed by atoms with Crippen molar-refractivity contribution in [1.82, 2.24) is 0 Å². The van der Waals surface area contributed by atoms with E-state index >= 15 is 0 Å². The summed E-state index contributed by atoms with van der Waals surface area (Å²) in [5.74, 6) is 0. The minimum absolute atomic E-state index is 1.31. The molecule has 0 amide bonds. The summed E-state index contributed by atoms with van der Waals surface area (Å²) < 4.78 is 0. The van der Waals surface area contributed by atoms with Crippen LogP contribution >= 0.6 is 0 Å². The van der Waals surface area contributed by atoms with Crippen LogP contribution in [0.2, 0.25) is 0 Å². The van der Waals surface area contributed by atoms with E-state index < -0.39 is 0 Å². The van der Waals surface area contributed by atoms with Gasteiger partial charge in [0.05, 0.1) is 0 Å². The van der Waals surface area contributed by atoms with Gasteiger partial charge < -0.3 is 0 Å². The van der Waals surface area contributed by atoms with Gasteiger partial charge >= 0.3 is 0 Å². The van der Waals surface area contributed by atoms with Crippen LogP contribution in [0.5, 0.6) is 0 Å². The average Bonchev–Trinajstić information content (AvgIpc) is 2.71. The molecule has 132 valence electrons. The van der Waals surface area contributed by atoms with Gasteiger partial charge in [0.15, 0.2) is 0 Å². The molecule has 0 heterocycles. The first-order chi connectivity index (χ1) is 13.7. The summed E-state index contributed by atoms with van der Waals surface area (Å²) >= 11 is 0. The van der Waals surface area contributed by atoms with Crippen LogP contribution in [0.4, 0.5) is 0 Å². The molecule has 0 aliphatic heterocycles. The van der Waals surface area contributed by atoms with E-state index in [0.717, 1.165) is 0 Å². The van der Waals surface area contributed by atoms with Crippen molar-refractivity contribution in [1.29, 1.82) is 0 Å². The molecule has 0 aliphatic rings. The zero-order chi connectivity index (χ0) is 18.8. The molecule has 0 atom stereocenters. The molecule has 0 N–H and O–H groups in total. The maximum atomic E-state index is 2.38. The van der Waals surface area contributed by atoms with Gasteiger partial charge in [0, 0.05) is 0 Å². The monoisotopic (exact) mass is 356 g/mol. The maximum absolute atomic E-state index is 2.38. The molecule has 0 unspecified atom stereocenters. The molecular weight excluding hydrogens is 336 g/mol. The van der Waals surface area contributed by atoms with Crippen molar-refractivity contribution in [2.75, 3.05) is 0 Å². The Bertz CT molecular complexity index is 1450. The summed E-state index contributed by atoms with van der Waals surface area (Å²) in [4.78, 5) is 0. The second kappa shape index (κ2) is 5.56. The Labute approximate surface area is 164 Å². The minimum atomic E-state index is 1.31. The first-order valence-corrected chi connectivity index (χ1v) is 9.87. The van der Waals surface area contributed by atoms with Gasteiger partial charge in [-0.05, 0) is 103 Å². The normalized spacial score (nSPS) is 11.9. The lowest BCUT2D eigenvalue weighted by atomic mass is 9.92. The summed E-state index contributed by atoms with van der Waals surface area (Å²) in [5.41, 5.74) is 2.66. The average molecular weight is 356 g/mol. The molecule has 6 rings (SSSR count). The van der Waals surface area contributed by atoms with Gasteiger partial charge in [-0.25, -0.2) is 0 Å². The van der Waals surface area contributed by atoms with Gasteiger partial charge in [0.1, 0.15) is 0 Å². The summed E-state index contributed by atoms with van der Waals surface area (Å²) in [5, 5.41) is 13.3. The molecule has 0 nitrogen and oxygen atoms in total. The van der Waals surface area contributed by atoms with Gasteiger partial charge in [0.25, 0.3) is 0 Å². The van der Waals surface area contributed by atoms with Gasteiger partial charge in [-0.1, -0.05) is 60.7 Å². The molecule has 0 radical (unpaired) electrons. The van der Waals surface area contributed by atoms with Crippen LogP contribution in [0, 0.1) is 13.8 Å². The van der Waals surface area contributed by atoms with Crippen molar-refractivity contribution in [3.05, 3.63) is 96.1 Å². The molecule has 6 aromatic rings. The van der Waals surface area contributed by atoms with Crippen molar-refractivity contribution in [2.24, 2.45) is 0 Å². The lowest BCUT2D eigenvalue weighted by molar-refractivity contribution is 1.54. The number of aryl methyl sites for hydroxylation is 2. The summed E-state index contributed by atoms with van der Waals surface area (Å²) in [6, 6.07) is 31.7. The van der Waals surface area contributed by atoms with Gasteiger partial charge in [-0.3, -0.25) is 0 Å². The molecular formula is C28H20. The lowest BCUT2D eigenvalue weighted by Gasteiger charge is -2.11. The molecule has 0 fully saturated rings. The number of hydrogen-bond acceptors (Lipinski definition) is 0. The third-order valence-corrected chi connectivity index (χ3v) is 6.27. The summed E-state index contributed by atoms with van der Waals surface area (Å²) in [7, 11) is 0. The van der Waals surface area contributed by atoms with Crippen LogP contribution in [0.25, 0.3) is 53.9 Å². The second-order valence-corrected chi connectivity index (χ2v) is 7.97. The quantitative estimate of drug-likeness (QED) is 0.191. The van der Waals surface area contributed by atoms with E-state index in [9.17, 15) is 0 Å². The number of fused-ring (bicyclic) bond motifs is 7. The molecule has 6 aromatic carbocycles. The maximum Gasteiger partial charge on any atom is -0.00987 e. The van der Waals surface area contributed by atoms with Crippen LogP contribution < -0.4 is 0 Å². The second-order valence-electron chi connectivity index (χ2n) is 7.97. The van der Waals surface area contributed by atoms with E-state index in [1.54, 1.807) is 0 Å². The first-order valence-electron chi connectivity index (χ1n) is 9.87. The molecule has 0 bridgehead atoms. The largest absolute Gasteiger partial charge is 0.0614 e. The van der Waals surface area contributed by atoms with E-state index in [-0.39, 0.29) is 0 Å². The zero-order valence-corrected chi connectivity index (χ0v) is 16.1. The predicted octanol–water partition coefficient (Wildman–Crippen LogP) is 8.07. The number of rotatable bonds is 0. The highest BCUT2D eigenvalue weighted by Crippen LogP contribution is 2.36. The predicted molar refractivity (Wildman–Crippen MR) is 123 cm³/mol. The van der Waals surface area contributed by atoms with E-state index in [1.165, 1.54) is 65.0 Å². The van der Waals surface area contributed by atoms with Crippen LogP contribution in [0.15, 0.2) is 84.9 Å². The number of benzene rings is 6. The Hall–Kier alpha value is -3.38. The fraction of sp³-hybridized carbons (Fsp3) is 0.0714. The van der Waals surface area contributed by atoms with Gasteiger partial charge in [-0.15, -0.1) is 0 Å². The molecule has 0 spiro atoms. The number of hydrogen-bond donors (Lipinski definition) is 0. The SMILES string of the molecule is Cc1cccc2cc3ccc4c5cc6c(C)cccc6cc5ccc4c3cc12. The van der Waals surface area contributed by atoms with Crippen LogP contribution in [0.3, 0.4) is 0 Å². The van der Waals surface area contributed by atoms with Crippen LogP contribution in [-0.2, 0) is 0 Å². The fourth-order valence-electron chi connectivity index (χ4n) is 4.74. The summed E-state index contributed by atoms with van der Waals surface area (Å²) in [6.07, 6.45) is 0. The van der Waals surface area contributed by atoms with E-state index in [0.29, 0.717) is 0 Å². The van der Waals surface area contributed by atoms with Crippen molar-refractivity contribution in [3.63, 3.8) is 0 Å². The van der Waals surface area contributed by atoms with Crippen LogP contribution in [0.1, 0.15) is 11.1 Å². The summed E-state index contributed by atoms with van der Waals surface area (Å²) in [6.45, 7) is 4.40. The Kier molecular flexibility index (Phi) is 3.11. The lowest BCUT2D eigenvalue weighted by Crippen LogP contribution is -1.85. The molecule has 0 aromatic heterocycles. The fourth-order valence-corrected chi connectivity index (χ4v) is 4.74. The van der Waals surface area contributed by atoms with Crippen molar-refractivity contribution >= 4 is 53.9 Å². The van der Waals surface area contributed by atoms with Gasteiger partial charge in [-0.2, -0.15) is 0 Å². The smallest absolute Gasteiger partial charge is 0.00987 e. The van der Waals surface area contributed by atoms with E-state index in [4.69, 9.17) is 0 Å². The molecule has 0 heteroatoms. The molecule has 0 saturated carbocycles. The molecule has 28 heavy (non-hydrogen) atoms. The van der Waals surface area contributed by atoms with Crippen molar-refractivity contribution in [2.45, 2.75) is 13.8 Å². The highest BCUT2D eigenvalue weighted by molar-refractivity contribution is 6.21. The topological polar surface area (TPSA) is 0 Å². The van der Waals surface area contributed by atoms with Crippen LogP contribution in [-0.4, -0.2) is 0 Å². The third-order valence-electron chi connectivity index (χ3n) is 6.27. The molecule has 0 aliphatic carbocycles. The third kappa shape index (κ3) is 2.12. The van der Waals surface area contributed by atoms with Crippen molar-refractivity contribution in [3.8, 4) is 0 Å². The highest BCUT2D eigenvalue weighted by atomic mass is 14.1. The Balaban J connectivity index is 1.80. The highest BCUT2D eigenvalue weighted by Gasteiger charge is 2.08. The standard InChI is InChI=1S/C28H20/c1-17-5-3-7-19-13-21-9-12-24-23(27(21)15-25(17)19)11-10-22-14-20-8-4-6-18(2)26(20)16-28(22)24/h3-16H,1-2H3. The zero-order valence-electron chi connectivity index (χ0n) is 16.1. The van der Waals surface area contributed by atoms with Crippen molar-refractivity contribution < 1.29 is 0 Å². The Morgan fingerprint density at radius 3 is 1.25 bits per heavy atom.